The molecule has 4 N–H and O–H groups in total. The molecule has 130 valence electrons. The van der Waals surface area contributed by atoms with Gasteiger partial charge < -0.3 is 20.6 Å². The third-order valence-corrected chi connectivity index (χ3v) is 1.84. The lowest BCUT2D eigenvalue weighted by molar-refractivity contribution is -0.193. The highest BCUT2D eigenvalue weighted by Gasteiger charge is 2.38. The molecule has 1 saturated heterocycles. The number of aliphatic carboxylic acids is 3. The molecule has 0 aromatic heterocycles. The van der Waals surface area contributed by atoms with Crippen molar-refractivity contribution in [1.29, 1.82) is 0 Å². The lowest BCUT2D eigenvalue weighted by Crippen LogP contribution is -2.29. The molecule has 1 atom stereocenters. The average molecular weight is 343 g/mol. The first-order chi connectivity index (χ1) is 9.69. The summed E-state index contributed by atoms with van der Waals surface area (Å²) in [4.78, 5) is 27.9. The quantitative estimate of drug-likeness (QED) is 0.525. The molecule has 0 radical (unpaired) electrons. The zero-order valence-electron chi connectivity index (χ0n) is 10.5. The molecule has 0 spiro atoms. The first kappa shape index (κ1) is 22.2. The summed E-state index contributed by atoms with van der Waals surface area (Å²) in [5.74, 6) is -6.23. The molecule has 1 fully saturated rings. The van der Waals surface area contributed by atoms with Crippen molar-refractivity contribution in [2.24, 2.45) is 0 Å². The van der Waals surface area contributed by atoms with Crippen LogP contribution in [0.2, 0.25) is 0 Å². The minimum atomic E-state index is -5.08. The van der Waals surface area contributed by atoms with Gasteiger partial charge >= 0.3 is 30.3 Å². The van der Waals surface area contributed by atoms with Gasteiger partial charge in [-0.05, 0) is 19.4 Å². The SMILES string of the molecule is O=C(O)C(F)(F)F.O=C(O)C(F)(F)F.O=C(O)[C@@H]1CCCN1. The average Bonchev–Trinajstić information content (AvgIpc) is 2.81. The minimum absolute atomic E-state index is 0.269. The van der Waals surface area contributed by atoms with Crippen LogP contribution in [-0.4, -0.2) is 58.2 Å². The first-order valence-electron chi connectivity index (χ1n) is 5.26. The molecule has 1 aliphatic heterocycles. The molecule has 0 unspecified atom stereocenters. The molecule has 1 heterocycles. The Morgan fingerprint density at radius 3 is 1.27 bits per heavy atom. The van der Waals surface area contributed by atoms with Gasteiger partial charge in [0.05, 0.1) is 0 Å². The molecule has 0 saturated carbocycles. The summed E-state index contributed by atoms with van der Waals surface area (Å²) in [6.45, 7) is 0.858. The van der Waals surface area contributed by atoms with Crippen molar-refractivity contribution in [2.75, 3.05) is 6.54 Å². The van der Waals surface area contributed by atoms with E-state index >= 15 is 0 Å². The van der Waals surface area contributed by atoms with E-state index in [4.69, 9.17) is 24.9 Å². The van der Waals surface area contributed by atoms with Crippen LogP contribution in [0.15, 0.2) is 0 Å². The van der Waals surface area contributed by atoms with Crippen molar-refractivity contribution >= 4 is 17.9 Å². The van der Waals surface area contributed by atoms with E-state index in [0.29, 0.717) is 0 Å². The van der Waals surface area contributed by atoms with Crippen molar-refractivity contribution < 1.29 is 56.0 Å². The van der Waals surface area contributed by atoms with E-state index in [1.807, 2.05) is 0 Å². The van der Waals surface area contributed by atoms with E-state index in [1.54, 1.807) is 0 Å². The fourth-order valence-corrected chi connectivity index (χ4v) is 0.895. The van der Waals surface area contributed by atoms with Crippen molar-refractivity contribution in [3.8, 4) is 0 Å². The van der Waals surface area contributed by atoms with Crippen LogP contribution in [-0.2, 0) is 14.4 Å². The minimum Gasteiger partial charge on any atom is -0.480 e. The predicted octanol–water partition coefficient (Wildman–Crippen LogP) is 1.09. The van der Waals surface area contributed by atoms with Gasteiger partial charge in [0.1, 0.15) is 6.04 Å². The normalized spacial score (nSPS) is 17.5. The second kappa shape index (κ2) is 9.07. The lowest BCUT2D eigenvalue weighted by Gasteiger charge is -1.99. The Balaban J connectivity index is 0. The Labute approximate surface area is 118 Å². The first-order valence-corrected chi connectivity index (χ1v) is 5.26. The number of carbonyl (C=O) groups is 3. The number of halogens is 6. The van der Waals surface area contributed by atoms with Gasteiger partial charge in [-0.25, -0.2) is 9.59 Å². The predicted molar refractivity (Wildman–Crippen MR) is 56.0 cm³/mol. The van der Waals surface area contributed by atoms with Gasteiger partial charge in [0.15, 0.2) is 0 Å². The summed E-state index contributed by atoms with van der Waals surface area (Å²) in [5, 5.41) is 25.5. The number of rotatable bonds is 1. The number of alkyl halides is 6. The molecule has 22 heavy (non-hydrogen) atoms. The van der Waals surface area contributed by atoms with E-state index in [2.05, 4.69) is 5.32 Å². The summed E-state index contributed by atoms with van der Waals surface area (Å²) < 4.78 is 63.5. The second-order valence-electron chi connectivity index (χ2n) is 3.59. The number of hydrogen-bond acceptors (Lipinski definition) is 4. The maximum atomic E-state index is 10.6. The Bertz CT molecular complexity index is 363. The smallest absolute Gasteiger partial charge is 0.480 e. The Hall–Kier alpha value is -2.05. The van der Waals surface area contributed by atoms with Crippen LogP contribution in [0.1, 0.15) is 12.8 Å². The van der Waals surface area contributed by atoms with Gasteiger partial charge in [0.2, 0.25) is 0 Å². The van der Waals surface area contributed by atoms with E-state index < -0.39 is 30.3 Å². The molecule has 13 heteroatoms. The highest BCUT2D eigenvalue weighted by Crippen LogP contribution is 2.13. The summed E-state index contributed by atoms with van der Waals surface area (Å²) in [6.07, 6.45) is -8.38. The van der Waals surface area contributed by atoms with Gasteiger partial charge in [0, 0.05) is 0 Å². The summed E-state index contributed by atoms with van der Waals surface area (Å²) in [7, 11) is 0. The molecule has 7 nitrogen and oxygen atoms in total. The molecule has 1 aliphatic rings. The van der Waals surface area contributed by atoms with Crippen LogP contribution >= 0.6 is 0 Å². The monoisotopic (exact) mass is 343 g/mol. The third kappa shape index (κ3) is 11.7. The summed E-state index contributed by atoms with van der Waals surface area (Å²) in [5.41, 5.74) is 0. The Morgan fingerprint density at radius 1 is 0.864 bits per heavy atom. The van der Waals surface area contributed by atoms with Gasteiger partial charge in [-0.1, -0.05) is 0 Å². The summed E-state index contributed by atoms with van der Waals surface area (Å²) >= 11 is 0. The highest BCUT2D eigenvalue weighted by atomic mass is 19.4. The van der Waals surface area contributed by atoms with Crippen molar-refractivity contribution in [1.82, 2.24) is 5.32 Å². The maximum Gasteiger partial charge on any atom is 0.490 e. The number of carboxylic acids is 3. The second-order valence-corrected chi connectivity index (χ2v) is 3.59. The third-order valence-electron chi connectivity index (χ3n) is 1.84. The fraction of sp³-hybridized carbons (Fsp3) is 0.667. The van der Waals surface area contributed by atoms with Crippen molar-refractivity contribution in [3.05, 3.63) is 0 Å². The van der Waals surface area contributed by atoms with E-state index in [1.165, 1.54) is 0 Å². The van der Waals surface area contributed by atoms with Crippen molar-refractivity contribution in [2.45, 2.75) is 31.2 Å². The molecular formula is C9H11F6NO6. The molecule has 0 amide bonds. The highest BCUT2D eigenvalue weighted by molar-refractivity contribution is 5.74. The van der Waals surface area contributed by atoms with Gasteiger partial charge in [-0.3, -0.25) is 4.79 Å². The Morgan fingerprint density at radius 2 is 1.18 bits per heavy atom. The lowest BCUT2D eigenvalue weighted by atomic mass is 10.2. The molecule has 0 aromatic carbocycles. The van der Waals surface area contributed by atoms with Crippen molar-refractivity contribution in [3.63, 3.8) is 0 Å². The van der Waals surface area contributed by atoms with E-state index in [0.717, 1.165) is 19.4 Å². The molecular weight excluding hydrogens is 332 g/mol. The van der Waals surface area contributed by atoms with Crippen LogP contribution in [0.3, 0.4) is 0 Å². The van der Waals surface area contributed by atoms with Crippen LogP contribution in [0.5, 0.6) is 0 Å². The standard InChI is InChI=1S/C5H9NO2.2C2HF3O2/c7-5(8)4-2-1-3-6-4;2*3-2(4,5)1(6)7/h4,6H,1-3H2,(H,7,8);2*(H,6,7)/t4-;;/m0../s1. The van der Waals surface area contributed by atoms with Crippen LogP contribution < -0.4 is 5.32 Å². The van der Waals surface area contributed by atoms with E-state index in [9.17, 15) is 31.1 Å². The van der Waals surface area contributed by atoms with Gasteiger partial charge in [-0.2, -0.15) is 26.3 Å². The number of hydrogen-bond donors (Lipinski definition) is 4. The zero-order valence-corrected chi connectivity index (χ0v) is 10.5. The molecule has 1 rings (SSSR count). The number of nitrogens with one attached hydrogen (secondary N) is 1. The molecule has 0 aromatic rings. The van der Waals surface area contributed by atoms with Crippen LogP contribution in [0.25, 0.3) is 0 Å². The molecule has 0 bridgehead atoms. The summed E-state index contributed by atoms with van der Waals surface area (Å²) in [6, 6.07) is -0.269. The topological polar surface area (TPSA) is 124 Å². The fourth-order valence-electron chi connectivity index (χ4n) is 0.895. The molecule has 0 aliphatic carbocycles. The van der Waals surface area contributed by atoms with Crippen LogP contribution in [0.4, 0.5) is 26.3 Å². The number of carboxylic acid groups (broad SMARTS) is 3. The largest absolute Gasteiger partial charge is 0.490 e. The van der Waals surface area contributed by atoms with Gasteiger partial charge in [0.25, 0.3) is 0 Å². The van der Waals surface area contributed by atoms with Gasteiger partial charge in [-0.15, -0.1) is 0 Å². The Kier molecular flexibility index (Phi) is 9.16. The van der Waals surface area contributed by atoms with E-state index in [-0.39, 0.29) is 6.04 Å². The zero-order chi connectivity index (χ0) is 18.1. The van der Waals surface area contributed by atoms with Crippen LogP contribution in [0, 0.1) is 0 Å². The maximum absolute atomic E-state index is 10.6.